The van der Waals surface area contributed by atoms with E-state index < -0.39 is 0 Å². The molecule has 0 unspecified atom stereocenters. The monoisotopic (exact) mass is 309 g/mol. The maximum absolute atomic E-state index is 5.35. The van der Waals surface area contributed by atoms with Crippen LogP contribution in [0.5, 0.6) is 0 Å². The summed E-state index contributed by atoms with van der Waals surface area (Å²) < 4.78 is 7.10. The van der Waals surface area contributed by atoms with Gasteiger partial charge in [-0.3, -0.25) is 9.58 Å². The van der Waals surface area contributed by atoms with Crippen molar-refractivity contribution >= 4 is 5.96 Å². The largest absolute Gasteiger partial charge is 0.379 e. The van der Waals surface area contributed by atoms with Crippen molar-refractivity contribution < 1.29 is 4.74 Å². The Hall–Kier alpha value is -1.67. The van der Waals surface area contributed by atoms with Gasteiger partial charge < -0.3 is 15.4 Å². The van der Waals surface area contributed by atoms with Crippen LogP contribution in [0.3, 0.4) is 0 Å². The van der Waals surface area contributed by atoms with Crippen molar-refractivity contribution in [1.82, 2.24) is 30.3 Å². The fraction of sp³-hybridized carbons (Fsp3) is 0.786. The van der Waals surface area contributed by atoms with Gasteiger partial charge in [0.2, 0.25) is 0 Å². The number of guanidine groups is 1. The Morgan fingerprint density at radius 1 is 1.36 bits per heavy atom. The topological polar surface area (TPSA) is 79.6 Å². The summed E-state index contributed by atoms with van der Waals surface area (Å²) in [7, 11) is 1.88. The molecule has 124 valence electrons. The Morgan fingerprint density at radius 3 is 2.86 bits per heavy atom. The number of ether oxygens (including phenoxy) is 1. The smallest absolute Gasteiger partial charge is 0.191 e. The molecule has 8 nitrogen and oxygen atoms in total. The van der Waals surface area contributed by atoms with Crippen molar-refractivity contribution in [2.75, 3.05) is 45.9 Å². The fourth-order valence-corrected chi connectivity index (χ4v) is 2.29. The average molecular weight is 309 g/mol. The van der Waals surface area contributed by atoms with Crippen molar-refractivity contribution in [1.29, 1.82) is 0 Å². The van der Waals surface area contributed by atoms with Crippen LogP contribution in [0.4, 0.5) is 0 Å². The molecule has 8 heteroatoms. The summed E-state index contributed by atoms with van der Waals surface area (Å²) in [6.07, 6.45) is 2.64. The summed E-state index contributed by atoms with van der Waals surface area (Å²) in [5, 5.41) is 10.7. The Bertz CT molecular complexity index is 454. The summed E-state index contributed by atoms with van der Waals surface area (Å²) in [5.74, 6) is 1.68. The van der Waals surface area contributed by atoms with Crippen molar-refractivity contribution in [3.05, 3.63) is 12.2 Å². The average Bonchev–Trinajstić information content (AvgIpc) is 2.95. The molecule has 2 rings (SSSR count). The Kier molecular flexibility index (Phi) is 7.11. The lowest BCUT2D eigenvalue weighted by molar-refractivity contribution is 0.0376. The molecule has 2 heterocycles. The zero-order valence-electron chi connectivity index (χ0n) is 13.6. The van der Waals surface area contributed by atoms with E-state index in [1.165, 1.54) is 0 Å². The van der Waals surface area contributed by atoms with Crippen LogP contribution >= 0.6 is 0 Å². The van der Waals surface area contributed by atoms with Gasteiger partial charge >= 0.3 is 0 Å². The summed E-state index contributed by atoms with van der Waals surface area (Å²) in [4.78, 5) is 11.2. The van der Waals surface area contributed by atoms with Gasteiger partial charge in [0.05, 0.1) is 13.2 Å². The molecule has 1 aliphatic heterocycles. The van der Waals surface area contributed by atoms with Crippen LogP contribution in [0.2, 0.25) is 0 Å². The molecule has 0 saturated carbocycles. The second-order valence-electron chi connectivity index (χ2n) is 5.23. The first-order chi connectivity index (χ1) is 10.8. The lowest BCUT2D eigenvalue weighted by atomic mass is 10.3. The summed E-state index contributed by atoms with van der Waals surface area (Å²) >= 11 is 0. The fourth-order valence-electron chi connectivity index (χ4n) is 2.29. The van der Waals surface area contributed by atoms with Crippen LogP contribution in [-0.2, 0) is 18.3 Å². The predicted molar refractivity (Wildman–Crippen MR) is 85.7 cm³/mol. The third-order valence-electron chi connectivity index (χ3n) is 3.58. The first-order valence-corrected chi connectivity index (χ1v) is 7.94. The van der Waals surface area contributed by atoms with Gasteiger partial charge in [-0.15, -0.1) is 0 Å². The lowest BCUT2D eigenvalue weighted by Gasteiger charge is -2.26. The Labute approximate surface area is 132 Å². The molecule has 2 N–H and O–H groups in total. The molecule has 1 fully saturated rings. The first-order valence-electron chi connectivity index (χ1n) is 7.94. The van der Waals surface area contributed by atoms with Crippen molar-refractivity contribution in [3.8, 4) is 0 Å². The standard InChI is InChI=1S/C14H27N7O/c1-3-15-14(17-11-13-18-12-19-20(13)2)16-5-4-6-21-7-9-22-10-8-21/h12H,3-11H2,1-2H3,(H2,15,16,17). The first kappa shape index (κ1) is 16.7. The molecular weight excluding hydrogens is 282 g/mol. The highest BCUT2D eigenvalue weighted by atomic mass is 16.5. The van der Waals surface area contributed by atoms with E-state index in [2.05, 4.69) is 37.5 Å². The zero-order valence-corrected chi connectivity index (χ0v) is 13.6. The molecule has 0 atom stereocenters. The minimum Gasteiger partial charge on any atom is -0.379 e. The quantitative estimate of drug-likeness (QED) is 0.405. The Morgan fingerprint density at radius 2 is 2.18 bits per heavy atom. The molecule has 22 heavy (non-hydrogen) atoms. The van der Waals surface area contributed by atoms with Gasteiger partial charge in [0, 0.05) is 33.2 Å². The number of nitrogens with zero attached hydrogens (tertiary/aromatic N) is 5. The highest BCUT2D eigenvalue weighted by Gasteiger charge is 2.09. The summed E-state index contributed by atoms with van der Waals surface area (Å²) in [6.45, 7) is 9.23. The number of hydrogen-bond acceptors (Lipinski definition) is 5. The van der Waals surface area contributed by atoms with E-state index in [0.717, 1.165) is 64.1 Å². The Balaban J connectivity index is 1.70. The summed E-state index contributed by atoms with van der Waals surface area (Å²) in [5.41, 5.74) is 0. The highest BCUT2D eigenvalue weighted by Crippen LogP contribution is 1.97. The molecule has 0 bridgehead atoms. The van der Waals surface area contributed by atoms with E-state index in [1.54, 1.807) is 11.0 Å². The third-order valence-corrected chi connectivity index (χ3v) is 3.58. The molecule has 0 spiro atoms. The number of aromatic nitrogens is 3. The second kappa shape index (κ2) is 9.37. The molecule has 1 aromatic heterocycles. The van der Waals surface area contributed by atoms with Crippen molar-refractivity contribution in [3.63, 3.8) is 0 Å². The van der Waals surface area contributed by atoms with Crippen LogP contribution in [0.1, 0.15) is 19.2 Å². The third kappa shape index (κ3) is 5.61. The number of nitrogens with one attached hydrogen (secondary N) is 2. The minimum absolute atomic E-state index is 0.523. The van der Waals surface area contributed by atoms with Gasteiger partial charge in [-0.2, -0.15) is 5.10 Å². The van der Waals surface area contributed by atoms with E-state index >= 15 is 0 Å². The zero-order chi connectivity index (χ0) is 15.6. The number of hydrogen-bond donors (Lipinski definition) is 2. The molecule has 0 aromatic carbocycles. The van der Waals surface area contributed by atoms with Crippen molar-refractivity contribution in [2.24, 2.45) is 12.0 Å². The molecule has 1 saturated heterocycles. The molecule has 0 radical (unpaired) electrons. The van der Waals surface area contributed by atoms with Crippen LogP contribution in [-0.4, -0.2) is 71.6 Å². The SMILES string of the molecule is CCNC(=NCc1ncnn1C)NCCCN1CCOCC1. The maximum atomic E-state index is 5.35. The van der Waals surface area contributed by atoms with Crippen molar-refractivity contribution in [2.45, 2.75) is 19.9 Å². The maximum Gasteiger partial charge on any atom is 0.191 e. The molecule has 1 aliphatic rings. The van der Waals surface area contributed by atoms with Crippen LogP contribution in [0.25, 0.3) is 0 Å². The molecule has 0 aliphatic carbocycles. The van der Waals surface area contributed by atoms with Gasteiger partial charge in [-0.05, 0) is 19.9 Å². The van der Waals surface area contributed by atoms with Crippen LogP contribution < -0.4 is 10.6 Å². The van der Waals surface area contributed by atoms with Gasteiger partial charge in [0.15, 0.2) is 5.96 Å². The molecule has 0 amide bonds. The van der Waals surface area contributed by atoms with Gasteiger partial charge in [-0.25, -0.2) is 9.98 Å². The van der Waals surface area contributed by atoms with E-state index in [0.29, 0.717) is 6.54 Å². The van der Waals surface area contributed by atoms with Gasteiger partial charge in [0.25, 0.3) is 0 Å². The van der Waals surface area contributed by atoms with E-state index in [4.69, 9.17) is 4.74 Å². The number of rotatable bonds is 7. The number of morpholine rings is 1. The number of aliphatic imine (C=N–C) groups is 1. The van der Waals surface area contributed by atoms with E-state index in [1.807, 2.05) is 7.05 Å². The second-order valence-corrected chi connectivity index (χ2v) is 5.23. The minimum atomic E-state index is 0.523. The van der Waals surface area contributed by atoms with E-state index in [-0.39, 0.29) is 0 Å². The normalized spacial score (nSPS) is 16.7. The van der Waals surface area contributed by atoms with Gasteiger partial charge in [0.1, 0.15) is 18.7 Å². The van der Waals surface area contributed by atoms with E-state index in [9.17, 15) is 0 Å². The molecule has 1 aromatic rings. The molecular formula is C14H27N7O. The highest BCUT2D eigenvalue weighted by molar-refractivity contribution is 5.79. The summed E-state index contributed by atoms with van der Waals surface area (Å²) in [6, 6.07) is 0. The van der Waals surface area contributed by atoms with Crippen LogP contribution in [0.15, 0.2) is 11.3 Å². The lowest BCUT2D eigenvalue weighted by Crippen LogP contribution is -2.40. The predicted octanol–water partition coefficient (Wildman–Crippen LogP) is -0.407. The number of aryl methyl sites for hydroxylation is 1. The van der Waals surface area contributed by atoms with Crippen LogP contribution in [0, 0.1) is 0 Å². The van der Waals surface area contributed by atoms with Gasteiger partial charge in [-0.1, -0.05) is 0 Å².